The molecule has 0 bridgehead atoms. The number of ether oxygens (including phenoxy) is 2. The Morgan fingerprint density at radius 2 is 1.74 bits per heavy atom. The van der Waals surface area contributed by atoms with E-state index in [2.05, 4.69) is 5.32 Å². The van der Waals surface area contributed by atoms with Crippen molar-refractivity contribution >= 4 is 18.0 Å². The van der Waals surface area contributed by atoms with Gasteiger partial charge in [0, 0.05) is 18.0 Å². The Morgan fingerprint density at radius 1 is 1.09 bits per heavy atom. The van der Waals surface area contributed by atoms with Gasteiger partial charge >= 0.3 is 6.09 Å². The maximum atomic E-state index is 12.5. The van der Waals surface area contributed by atoms with E-state index in [1.54, 1.807) is 34.8 Å². The fourth-order valence-electron chi connectivity index (χ4n) is 3.24. The predicted molar refractivity (Wildman–Crippen MR) is 136 cm³/mol. The minimum Gasteiger partial charge on any atom is -0.497 e. The second-order valence-corrected chi connectivity index (χ2v) is 10.5. The first-order valence-electron chi connectivity index (χ1n) is 11.5. The minimum atomic E-state index is -0.868. The number of rotatable bonds is 12. The van der Waals surface area contributed by atoms with Crippen LogP contribution in [-0.2, 0) is 11.2 Å². The number of aliphatic hydroxyl groups excluding tert-OH is 2. The first kappa shape index (κ1) is 28.0. The van der Waals surface area contributed by atoms with E-state index in [-0.39, 0.29) is 6.54 Å². The zero-order chi connectivity index (χ0) is 25.1. The van der Waals surface area contributed by atoms with E-state index >= 15 is 0 Å². The highest BCUT2D eigenvalue weighted by Crippen LogP contribution is 2.26. The van der Waals surface area contributed by atoms with Crippen LogP contribution >= 0.6 is 11.9 Å². The Hall–Kier alpha value is -2.26. The minimum absolute atomic E-state index is 0.288. The summed E-state index contributed by atoms with van der Waals surface area (Å²) in [5.74, 6) is 0.768. The van der Waals surface area contributed by atoms with Gasteiger partial charge in [-0.2, -0.15) is 0 Å². The van der Waals surface area contributed by atoms with E-state index in [4.69, 9.17) is 9.47 Å². The van der Waals surface area contributed by atoms with Crippen LogP contribution in [0.2, 0.25) is 0 Å². The Bertz CT molecular complexity index is 856. The van der Waals surface area contributed by atoms with Crippen LogP contribution < -0.4 is 10.1 Å². The smallest absolute Gasteiger partial charge is 0.407 e. The van der Waals surface area contributed by atoms with Crippen molar-refractivity contribution in [2.24, 2.45) is 0 Å². The van der Waals surface area contributed by atoms with E-state index < -0.39 is 29.9 Å². The third-order valence-corrected chi connectivity index (χ3v) is 6.02. The number of aliphatic hydroxyl groups is 2. The molecule has 0 aliphatic carbocycles. The van der Waals surface area contributed by atoms with Crippen LogP contribution in [0.25, 0.3) is 0 Å². The number of carbonyl (C=O) groups is 1. The summed E-state index contributed by atoms with van der Waals surface area (Å²) < 4.78 is 12.7. The molecule has 0 heterocycles. The fraction of sp³-hybridized carbons (Fsp3) is 0.500. The monoisotopic (exact) mass is 490 g/mol. The summed E-state index contributed by atoms with van der Waals surface area (Å²) in [4.78, 5) is 13.5. The van der Waals surface area contributed by atoms with Crippen LogP contribution in [0.5, 0.6) is 5.75 Å². The van der Waals surface area contributed by atoms with Gasteiger partial charge in [0.15, 0.2) is 0 Å². The van der Waals surface area contributed by atoms with Gasteiger partial charge in [-0.15, -0.1) is 0 Å². The van der Waals surface area contributed by atoms with E-state index in [0.717, 1.165) is 16.2 Å². The molecule has 0 fully saturated rings. The molecular formula is C26H38N2O5S. The standard InChI is InChI=1S/C26H38N2O5S/c1-19(29)15-16-28(34-22-13-11-21(32-5)12-14-22)18-24(30)23(17-20-9-7-6-8-10-20)27-25(31)33-26(2,3)4/h6-14,19,23-24,29-30H,15-18H2,1-5H3,(H,27,31)/t19?,23-,24+/m0/s1. The van der Waals surface area contributed by atoms with Crippen LogP contribution in [0.4, 0.5) is 4.79 Å². The normalized spacial score (nSPS) is 14.4. The third kappa shape index (κ3) is 10.8. The first-order chi connectivity index (χ1) is 16.1. The lowest BCUT2D eigenvalue weighted by Crippen LogP contribution is -2.50. The second kappa shape index (κ2) is 13.6. The molecule has 8 heteroatoms. The molecule has 0 spiro atoms. The summed E-state index contributed by atoms with van der Waals surface area (Å²) in [5, 5.41) is 23.9. The average molecular weight is 491 g/mol. The Balaban J connectivity index is 2.15. The third-order valence-electron chi connectivity index (χ3n) is 4.95. The number of nitrogens with one attached hydrogen (secondary N) is 1. The quantitative estimate of drug-likeness (QED) is 0.383. The van der Waals surface area contributed by atoms with Gasteiger partial charge < -0.3 is 25.0 Å². The maximum Gasteiger partial charge on any atom is 0.407 e. The Morgan fingerprint density at radius 3 is 2.29 bits per heavy atom. The second-order valence-electron chi connectivity index (χ2n) is 9.30. The highest BCUT2D eigenvalue weighted by molar-refractivity contribution is 7.97. The zero-order valence-corrected chi connectivity index (χ0v) is 21.5. The first-order valence-corrected chi connectivity index (χ1v) is 12.3. The summed E-state index contributed by atoms with van der Waals surface area (Å²) >= 11 is 1.49. The van der Waals surface area contributed by atoms with Gasteiger partial charge in [-0.25, -0.2) is 9.10 Å². The van der Waals surface area contributed by atoms with Crippen molar-refractivity contribution in [3.05, 3.63) is 60.2 Å². The van der Waals surface area contributed by atoms with Crippen molar-refractivity contribution in [3.63, 3.8) is 0 Å². The topological polar surface area (TPSA) is 91.3 Å². The van der Waals surface area contributed by atoms with Crippen LogP contribution in [0.1, 0.15) is 39.7 Å². The molecule has 2 rings (SSSR count). The van der Waals surface area contributed by atoms with E-state index in [9.17, 15) is 15.0 Å². The van der Waals surface area contributed by atoms with Crippen molar-refractivity contribution in [2.45, 2.75) is 69.3 Å². The van der Waals surface area contributed by atoms with Crippen LogP contribution in [0.3, 0.4) is 0 Å². The van der Waals surface area contributed by atoms with Crippen molar-refractivity contribution in [1.29, 1.82) is 0 Å². The van der Waals surface area contributed by atoms with Crippen molar-refractivity contribution in [1.82, 2.24) is 9.62 Å². The summed E-state index contributed by atoms with van der Waals surface area (Å²) in [6, 6.07) is 16.8. The number of hydrogen-bond donors (Lipinski definition) is 3. The molecule has 0 aromatic heterocycles. The number of carbonyl (C=O) groups excluding carboxylic acids is 1. The number of amides is 1. The van der Waals surface area contributed by atoms with Crippen molar-refractivity contribution < 1.29 is 24.5 Å². The Kier molecular flexibility index (Phi) is 11.2. The number of methoxy groups -OCH3 is 1. The predicted octanol–water partition coefficient (Wildman–Crippen LogP) is 4.27. The molecule has 0 aliphatic rings. The molecule has 7 nitrogen and oxygen atoms in total. The lowest BCUT2D eigenvalue weighted by Gasteiger charge is -2.30. The number of hydrogen-bond acceptors (Lipinski definition) is 7. The highest BCUT2D eigenvalue weighted by atomic mass is 32.2. The average Bonchev–Trinajstić information content (AvgIpc) is 2.77. The van der Waals surface area contributed by atoms with Gasteiger partial charge in [0.2, 0.25) is 0 Å². The molecule has 3 atom stereocenters. The molecule has 1 amide bonds. The molecule has 0 aliphatic heterocycles. The van der Waals surface area contributed by atoms with Gasteiger partial charge in [-0.05, 0) is 82.3 Å². The SMILES string of the molecule is COc1ccc(SN(CCC(C)O)C[C@@H](O)[C@H](Cc2ccccc2)NC(=O)OC(C)(C)C)cc1. The van der Waals surface area contributed by atoms with Gasteiger partial charge in [-0.1, -0.05) is 30.3 Å². The highest BCUT2D eigenvalue weighted by Gasteiger charge is 2.27. The molecule has 2 aromatic rings. The van der Waals surface area contributed by atoms with Crippen LogP contribution in [0.15, 0.2) is 59.5 Å². The van der Waals surface area contributed by atoms with Crippen molar-refractivity contribution in [2.75, 3.05) is 20.2 Å². The number of nitrogens with zero attached hydrogens (tertiary/aromatic N) is 1. The van der Waals surface area contributed by atoms with Crippen LogP contribution in [0, 0.1) is 0 Å². The molecular weight excluding hydrogens is 452 g/mol. The van der Waals surface area contributed by atoms with E-state index in [1.807, 2.05) is 58.9 Å². The van der Waals surface area contributed by atoms with Gasteiger partial charge in [0.05, 0.1) is 25.4 Å². The van der Waals surface area contributed by atoms with Gasteiger partial charge in [-0.3, -0.25) is 0 Å². The van der Waals surface area contributed by atoms with Crippen molar-refractivity contribution in [3.8, 4) is 5.75 Å². The molecule has 34 heavy (non-hydrogen) atoms. The van der Waals surface area contributed by atoms with Crippen LogP contribution in [-0.4, -0.2) is 64.7 Å². The van der Waals surface area contributed by atoms with Gasteiger partial charge in [0.1, 0.15) is 11.4 Å². The van der Waals surface area contributed by atoms with Gasteiger partial charge in [0.25, 0.3) is 0 Å². The molecule has 188 valence electrons. The molecule has 0 radical (unpaired) electrons. The van der Waals surface area contributed by atoms with E-state index in [0.29, 0.717) is 19.4 Å². The largest absolute Gasteiger partial charge is 0.497 e. The number of alkyl carbamates (subject to hydrolysis) is 1. The molecule has 2 aromatic carbocycles. The zero-order valence-electron chi connectivity index (χ0n) is 20.7. The lowest BCUT2D eigenvalue weighted by atomic mass is 10.0. The van der Waals surface area contributed by atoms with E-state index in [1.165, 1.54) is 11.9 Å². The maximum absolute atomic E-state index is 12.5. The Labute approximate surface area is 207 Å². The molecule has 1 unspecified atom stereocenters. The lowest BCUT2D eigenvalue weighted by molar-refractivity contribution is 0.0402. The molecule has 3 N–H and O–H groups in total. The summed E-state index contributed by atoms with van der Waals surface area (Å²) in [5.41, 5.74) is 0.362. The fourth-order valence-corrected chi connectivity index (χ4v) is 4.22. The summed E-state index contributed by atoms with van der Waals surface area (Å²) in [6.07, 6.45) is -0.883. The summed E-state index contributed by atoms with van der Waals surface area (Å²) in [6.45, 7) is 8.01. The molecule has 0 saturated heterocycles. The number of benzene rings is 2. The molecule has 0 saturated carbocycles. The summed E-state index contributed by atoms with van der Waals surface area (Å²) in [7, 11) is 1.62.